The number of nitrogens with zero attached hydrogens (tertiary/aromatic N) is 2. The number of ether oxygens (including phenoxy) is 2. The van der Waals surface area contributed by atoms with E-state index in [0.29, 0.717) is 33.8 Å². The van der Waals surface area contributed by atoms with Gasteiger partial charge in [0.05, 0.1) is 34.4 Å². The number of carbonyl (C=O) groups is 2. The fourth-order valence-corrected chi connectivity index (χ4v) is 4.86. The minimum absolute atomic E-state index is 0.419. The number of esters is 2. The Morgan fingerprint density at radius 3 is 1.09 bits per heavy atom. The average molecular weight is 585 g/mol. The lowest BCUT2D eigenvalue weighted by Gasteiger charge is -2.07. The normalized spacial score (nSPS) is 10.4. The molecule has 0 aliphatic heterocycles. The summed E-state index contributed by atoms with van der Waals surface area (Å²) in [6.07, 6.45) is 11.7. The largest absolute Gasteiger partial charge is 0.423 e. The van der Waals surface area contributed by atoms with Crippen molar-refractivity contribution in [2.75, 3.05) is 0 Å². The standard InChI is InChI=1S/C38H36N2O4/c39-27-31-11-19-33(20-12-31)37(41)43-35-23-15-29(16-24-35)9-7-5-3-1-2-4-6-8-10-30-17-25-36(26-18-30)44-38(42)34-21-13-32(28-40)14-22-34/h11-26H,1-10H2. The highest BCUT2D eigenvalue weighted by molar-refractivity contribution is 5.91. The third-order valence-corrected chi connectivity index (χ3v) is 7.45. The summed E-state index contributed by atoms with van der Waals surface area (Å²) >= 11 is 0. The van der Waals surface area contributed by atoms with Crippen LogP contribution in [0.25, 0.3) is 0 Å². The van der Waals surface area contributed by atoms with Gasteiger partial charge in [-0.25, -0.2) is 9.59 Å². The van der Waals surface area contributed by atoms with Crippen molar-refractivity contribution in [1.29, 1.82) is 10.5 Å². The first-order chi connectivity index (χ1) is 21.5. The van der Waals surface area contributed by atoms with E-state index >= 15 is 0 Å². The maximum atomic E-state index is 12.3. The quantitative estimate of drug-likeness (QED) is 0.0786. The Balaban J connectivity index is 1.02. The predicted molar refractivity (Wildman–Crippen MR) is 169 cm³/mol. The molecule has 0 heterocycles. The van der Waals surface area contributed by atoms with Crippen molar-refractivity contribution in [1.82, 2.24) is 0 Å². The highest BCUT2D eigenvalue weighted by atomic mass is 16.5. The summed E-state index contributed by atoms with van der Waals surface area (Å²) in [6, 6.07) is 32.3. The van der Waals surface area contributed by atoms with Crippen LogP contribution in [-0.2, 0) is 12.8 Å². The van der Waals surface area contributed by atoms with Crippen LogP contribution in [0.2, 0.25) is 0 Å². The molecule has 0 unspecified atom stereocenters. The molecule has 0 N–H and O–H groups in total. The molecule has 0 aromatic heterocycles. The summed E-state index contributed by atoms with van der Waals surface area (Å²) in [4.78, 5) is 24.6. The van der Waals surface area contributed by atoms with Gasteiger partial charge in [-0.3, -0.25) is 0 Å². The van der Waals surface area contributed by atoms with Gasteiger partial charge in [-0.2, -0.15) is 10.5 Å². The van der Waals surface area contributed by atoms with Gasteiger partial charge >= 0.3 is 11.9 Å². The maximum absolute atomic E-state index is 12.3. The smallest absolute Gasteiger partial charge is 0.343 e. The van der Waals surface area contributed by atoms with E-state index in [-0.39, 0.29) is 0 Å². The van der Waals surface area contributed by atoms with Gasteiger partial charge in [-0.05, 0) is 110 Å². The van der Waals surface area contributed by atoms with Gasteiger partial charge < -0.3 is 9.47 Å². The molecule has 0 fully saturated rings. The topological polar surface area (TPSA) is 100 Å². The van der Waals surface area contributed by atoms with Gasteiger partial charge in [-0.15, -0.1) is 0 Å². The second-order valence-corrected chi connectivity index (χ2v) is 10.8. The molecule has 44 heavy (non-hydrogen) atoms. The Morgan fingerprint density at radius 2 is 0.773 bits per heavy atom. The molecule has 6 heteroatoms. The van der Waals surface area contributed by atoms with Crippen molar-refractivity contribution in [2.45, 2.75) is 64.2 Å². The second kappa shape index (κ2) is 17.0. The van der Waals surface area contributed by atoms with Crippen molar-refractivity contribution in [3.63, 3.8) is 0 Å². The number of hydrogen-bond acceptors (Lipinski definition) is 6. The number of hydrogen-bond donors (Lipinski definition) is 0. The summed E-state index contributed by atoms with van der Waals surface area (Å²) < 4.78 is 10.9. The van der Waals surface area contributed by atoms with Crippen LogP contribution in [0.3, 0.4) is 0 Å². The number of rotatable bonds is 15. The highest BCUT2D eigenvalue weighted by Crippen LogP contribution is 2.19. The number of aryl methyl sites for hydroxylation is 2. The van der Waals surface area contributed by atoms with Crippen molar-refractivity contribution in [2.24, 2.45) is 0 Å². The van der Waals surface area contributed by atoms with E-state index in [1.807, 2.05) is 60.7 Å². The molecule has 4 aromatic carbocycles. The van der Waals surface area contributed by atoms with Gasteiger partial charge in [-0.1, -0.05) is 62.8 Å². The van der Waals surface area contributed by atoms with Crippen molar-refractivity contribution < 1.29 is 19.1 Å². The van der Waals surface area contributed by atoms with E-state index in [4.69, 9.17) is 20.0 Å². The highest BCUT2D eigenvalue weighted by Gasteiger charge is 2.10. The molecule has 0 aliphatic carbocycles. The minimum Gasteiger partial charge on any atom is -0.423 e. The molecule has 4 rings (SSSR count). The van der Waals surface area contributed by atoms with Crippen LogP contribution >= 0.6 is 0 Å². The van der Waals surface area contributed by atoms with Gasteiger partial charge in [0.15, 0.2) is 0 Å². The Bertz CT molecular complexity index is 1460. The summed E-state index contributed by atoms with van der Waals surface area (Å²) in [5.41, 5.74) is 4.32. The van der Waals surface area contributed by atoms with Crippen LogP contribution in [0.15, 0.2) is 97.1 Å². The second-order valence-electron chi connectivity index (χ2n) is 10.8. The zero-order valence-corrected chi connectivity index (χ0v) is 24.8. The maximum Gasteiger partial charge on any atom is 0.343 e. The van der Waals surface area contributed by atoms with Gasteiger partial charge in [0.1, 0.15) is 11.5 Å². The SMILES string of the molecule is N#Cc1ccc(C(=O)Oc2ccc(CCCCCCCCCCc3ccc(OC(=O)c4ccc(C#N)cc4)cc3)cc2)cc1. The first kappa shape index (κ1) is 31.7. The molecule has 0 atom stereocenters. The fourth-order valence-electron chi connectivity index (χ4n) is 4.86. The molecule has 0 saturated carbocycles. The van der Waals surface area contributed by atoms with E-state index in [1.165, 1.54) is 49.7 Å². The molecule has 6 nitrogen and oxygen atoms in total. The van der Waals surface area contributed by atoms with Crippen molar-refractivity contribution >= 4 is 11.9 Å². The summed E-state index contributed by atoms with van der Waals surface area (Å²) in [5.74, 6) is 0.167. The van der Waals surface area contributed by atoms with Gasteiger partial charge in [0, 0.05) is 0 Å². The third-order valence-electron chi connectivity index (χ3n) is 7.45. The van der Waals surface area contributed by atoms with E-state index in [9.17, 15) is 9.59 Å². The fraction of sp³-hybridized carbons (Fsp3) is 0.263. The van der Waals surface area contributed by atoms with Crippen molar-refractivity contribution in [3.05, 3.63) is 130 Å². The zero-order valence-electron chi connectivity index (χ0n) is 24.8. The van der Waals surface area contributed by atoms with Crippen LogP contribution in [0.5, 0.6) is 11.5 Å². The Hall–Kier alpha value is -5.20. The molecule has 0 radical (unpaired) electrons. The molecule has 4 aromatic rings. The minimum atomic E-state index is -0.432. The first-order valence-electron chi connectivity index (χ1n) is 15.2. The van der Waals surface area contributed by atoms with Crippen LogP contribution in [0, 0.1) is 22.7 Å². The molecule has 0 saturated heterocycles. The first-order valence-corrected chi connectivity index (χ1v) is 15.2. The number of benzene rings is 4. The molecule has 222 valence electrons. The molecule has 0 spiro atoms. The summed E-state index contributed by atoms with van der Waals surface area (Å²) in [7, 11) is 0. The number of unbranched alkanes of at least 4 members (excludes halogenated alkanes) is 7. The van der Waals surface area contributed by atoms with Crippen LogP contribution < -0.4 is 9.47 Å². The van der Waals surface area contributed by atoms with Crippen LogP contribution in [0.1, 0.15) is 94.3 Å². The predicted octanol–water partition coefficient (Wildman–Crippen LogP) is 8.77. The van der Waals surface area contributed by atoms with Gasteiger partial charge in [0.25, 0.3) is 0 Å². The number of nitriles is 2. The average Bonchev–Trinajstić information content (AvgIpc) is 3.07. The van der Waals surface area contributed by atoms with Gasteiger partial charge in [0.2, 0.25) is 0 Å². The molecular weight excluding hydrogens is 548 g/mol. The number of carbonyl (C=O) groups excluding carboxylic acids is 2. The molecule has 0 amide bonds. The molecular formula is C38H36N2O4. The lowest BCUT2D eigenvalue weighted by atomic mass is 10.0. The summed E-state index contributed by atoms with van der Waals surface area (Å²) in [6.45, 7) is 0. The van der Waals surface area contributed by atoms with E-state index < -0.39 is 11.9 Å². The Labute approximate surface area is 259 Å². The van der Waals surface area contributed by atoms with E-state index in [2.05, 4.69) is 0 Å². The Morgan fingerprint density at radius 1 is 0.455 bits per heavy atom. The molecule has 0 bridgehead atoms. The van der Waals surface area contributed by atoms with E-state index in [1.54, 1.807) is 48.5 Å². The van der Waals surface area contributed by atoms with Crippen molar-refractivity contribution in [3.8, 4) is 23.6 Å². The van der Waals surface area contributed by atoms with Crippen LogP contribution in [0.4, 0.5) is 0 Å². The Kier molecular flexibility index (Phi) is 12.3. The van der Waals surface area contributed by atoms with E-state index in [0.717, 1.165) is 25.7 Å². The lowest BCUT2D eigenvalue weighted by Crippen LogP contribution is -2.08. The van der Waals surface area contributed by atoms with Crippen LogP contribution in [-0.4, -0.2) is 11.9 Å². The zero-order chi connectivity index (χ0) is 31.0. The molecule has 0 aliphatic rings. The monoisotopic (exact) mass is 584 g/mol. The summed E-state index contributed by atoms with van der Waals surface area (Å²) in [5, 5.41) is 17.8. The third kappa shape index (κ3) is 10.3. The lowest BCUT2D eigenvalue weighted by molar-refractivity contribution is 0.0725.